The quantitative estimate of drug-likeness (QED) is 0.0377. The van der Waals surface area contributed by atoms with Crippen LogP contribution in [-0.2, 0) is 9.47 Å². The minimum atomic E-state index is -0.456. The van der Waals surface area contributed by atoms with Gasteiger partial charge in [-0.05, 0) is 52.0 Å². The van der Waals surface area contributed by atoms with Gasteiger partial charge in [-0.25, -0.2) is 25.4 Å². The third-order valence-electron chi connectivity index (χ3n) is 6.97. The molecule has 2 aromatic heterocycles. The zero-order valence-corrected chi connectivity index (χ0v) is 33.4. The summed E-state index contributed by atoms with van der Waals surface area (Å²) in [6.07, 6.45) is 1.87. The lowest BCUT2D eigenvalue weighted by Gasteiger charge is -2.09. The number of hydrazone groups is 1. The average molecular weight is 850 g/mol. The lowest BCUT2D eigenvalue weighted by atomic mass is 10.1. The van der Waals surface area contributed by atoms with E-state index in [-0.39, 0.29) is 33.0 Å². The van der Waals surface area contributed by atoms with Crippen LogP contribution in [0.2, 0.25) is 10.0 Å². The van der Waals surface area contributed by atoms with Gasteiger partial charge in [-0.15, -0.1) is 22.7 Å². The number of rotatable bonds is 11. The molecule has 0 spiro atoms. The Labute approximate surface area is 351 Å². The number of aromatic nitrogens is 2. The summed E-state index contributed by atoms with van der Waals surface area (Å²) >= 11 is 15.1. The first kappa shape index (κ1) is 47.7. The van der Waals surface area contributed by atoms with Crippen molar-refractivity contribution in [1.82, 2.24) is 9.97 Å². The van der Waals surface area contributed by atoms with E-state index in [1.165, 1.54) is 22.7 Å². The number of esters is 2. The number of ether oxygens (including phenoxy) is 2. The number of hydrogen-bond acceptors (Lipinski definition) is 13. The molecule has 0 aliphatic heterocycles. The number of carbonyl (C=O) groups excluding carboxylic acids is 3. The average Bonchev–Trinajstić information content (AvgIpc) is 3.86. The van der Waals surface area contributed by atoms with Gasteiger partial charge in [-0.2, -0.15) is 5.10 Å². The number of nitrogens with one attached hydrogen (secondary N) is 2. The highest BCUT2D eigenvalue weighted by molar-refractivity contribution is 7.14. The van der Waals surface area contributed by atoms with E-state index in [0.29, 0.717) is 48.8 Å². The Morgan fingerprint density at radius 1 is 0.684 bits per heavy atom. The van der Waals surface area contributed by atoms with Crippen LogP contribution in [0.4, 0.5) is 10.3 Å². The number of halogens is 2. The third kappa shape index (κ3) is 14.5. The number of thiazole rings is 2. The first-order chi connectivity index (χ1) is 26.5. The third-order valence-corrected chi connectivity index (χ3v) is 9.15. The smallest absolute Gasteiger partial charge is 0.339 e. The Morgan fingerprint density at radius 3 is 1.56 bits per heavy atom. The standard InChI is InChI=1S/C20H18ClN3O2S.C11H12O3.C9H8ClN3S.2CH4/c1-13(2)26-19(25)15-8-4-3-7-14(15)11-22-24-20-23-18(12-27-20)16-9-5-6-10-17(16)21;1-8(2)14-11(13)10-6-4-3-5-9(10)7-12;10-7-4-2-1-3-6(7)8-5-14-9(12-8)13-11;;/h3-13H,1-2H3,(H,23,24);3-8H,1-2H3;1-5H,11H2,(H,12,13);2*1H4/b22-11+;;;;. The van der Waals surface area contributed by atoms with Gasteiger partial charge in [0.15, 0.2) is 11.4 Å². The maximum atomic E-state index is 12.2. The zero-order valence-electron chi connectivity index (χ0n) is 30.2. The van der Waals surface area contributed by atoms with E-state index in [0.717, 1.165) is 22.5 Å². The molecule has 0 amide bonds. The van der Waals surface area contributed by atoms with Crippen molar-refractivity contribution in [2.75, 3.05) is 10.9 Å². The van der Waals surface area contributed by atoms with Crippen molar-refractivity contribution >= 4 is 80.6 Å². The van der Waals surface area contributed by atoms with E-state index < -0.39 is 5.97 Å². The van der Waals surface area contributed by atoms with Crippen molar-refractivity contribution in [3.63, 3.8) is 0 Å². The summed E-state index contributed by atoms with van der Waals surface area (Å²) in [5, 5.41) is 10.7. The predicted octanol–water partition coefficient (Wildman–Crippen LogP) is 11.6. The van der Waals surface area contributed by atoms with Crippen LogP contribution in [0.5, 0.6) is 0 Å². The molecule has 0 atom stereocenters. The molecule has 4 N–H and O–H groups in total. The zero-order chi connectivity index (χ0) is 39.7. The minimum absolute atomic E-state index is 0. The molecule has 6 aromatic rings. The van der Waals surface area contributed by atoms with E-state index in [2.05, 4.69) is 25.9 Å². The lowest BCUT2D eigenvalue weighted by Crippen LogP contribution is -2.13. The molecule has 0 saturated carbocycles. The highest BCUT2D eigenvalue weighted by Crippen LogP contribution is 2.31. The SMILES string of the molecule is C.C.CC(C)OC(=O)c1ccccc1/C=N/Nc1nc(-c2ccccc2Cl)cs1.CC(C)OC(=O)c1ccccc1C=O.NNc1nc(-c2ccccc2Cl)cs1. The fourth-order valence-corrected chi connectivity index (χ4v) is 6.29. The second-order valence-electron chi connectivity index (χ2n) is 11.8. The summed E-state index contributed by atoms with van der Waals surface area (Å²) in [6, 6.07) is 28.8. The Hall–Kier alpha value is -5.44. The number of anilines is 2. The number of aldehydes is 1. The number of nitrogens with zero attached hydrogens (tertiary/aromatic N) is 3. The molecule has 0 bridgehead atoms. The first-order valence-electron chi connectivity index (χ1n) is 16.7. The van der Waals surface area contributed by atoms with E-state index >= 15 is 0 Å². The van der Waals surface area contributed by atoms with Crippen molar-refractivity contribution in [1.29, 1.82) is 0 Å². The van der Waals surface area contributed by atoms with E-state index in [4.69, 9.17) is 38.5 Å². The van der Waals surface area contributed by atoms with Crippen molar-refractivity contribution in [2.24, 2.45) is 10.9 Å². The van der Waals surface area contributed by atoms with Crippen LogP contribution in [0, 0.1) is 0 Å². The number of hydrogen-bond donors (Lipinski definition) is 3. The number of nitrogens with two attached hydrogens (primary N) is 1. The fraction of sp³-hybridized carbons (Fsp3) is 0.190. The molecule has 2 heterocycles. The summed E-state index contributed by atoms with van der Waals surface area (Å²) in [6.45, 7) is 7.16. The molecule has 15 heteroatoms. The minimum Gasteiger partial charge on any atom is -0.459 e. The Balaban J connectivity index is 0.000000317. The maximum absolute atomic E-state index is 12.2. The van der Waals surface area contributed by atoms with E-state index in [1.54, 1.807) is 62.5 Å². The van der Waals surface area contributed by atoms with Gasteiger partial charge in [0.25, 0.3) is 0 Å². The Kier molecular flexibility index (Phi) is 20.3. The van der Waals surface area contributed by atoms with Gasteiger partial charge in [-0.1, -0.05) is 111 Å². The van der Waals surface area contributed by atoms with E-state index in [9.17, 15) is 14.4 Å². The number of hydrazine groups is 1. The molecule has 57 heavy (non-hydrogen) atoms. The molecule has 4 aromatic carbocycles. The van der Waals surface area contributed by atoms with Gasteiger partial charge in [0, 0.05) is 43.1 Å². The number of nitrogen functional groups attached to an aromatic ring is 1. The first-order valence-corrected chi connectivity index (χ1v) is 19.2. The van der Waals surface area contributed by atoms with Crippen molar-refractivity contribution in [3.8, 4) is 22.5 Å². The molecule has 300 valence electrons. The summed E-state index contributed by atoms with van der Waals surface area (Å²) in [4.78, 5) is 43.0. The summed E-state index contributed by atoms with van der Waals surface area (Å²) < 4.78 is 10.2. The predicted molar refractivity (Wildman–Crippen MR) is 237 cm³/mol. The molecule has 0 aliphatic carbocycles. The van der Waals surface area contributed by atoms with Crippen LogP contribution < -0.4 is 16.7 Å². The molecule has 0 unspecified atom stereocenters. The van der Waals surface area contributed by atoms with Gasteiger partial charge >= 0.3 is 11.9 Å². The van der Waals surface area contributed by atoms with Crippen LogP contribution in [-0.4, -0.2) is 46.6 Å². The highest BCUT2D eigenvalue weighted by Gasteiger charge is 2.14. The summed E-state index contributed by atoms with van der Waals surface area (Å²) in [7, 11) is 0. The second-order valence-corrected chi connectivity index (χ2v) is 14.3. The molecule has 6 rings (SSSR count). The van der Waals surface area contributed by atoms with Crippen molar-refractivity contribution < 1.29 is 23.9 Å². The monoisotopic (exact) mass is 848 g/mol. The molecule has 0 radical (unpaired) electrons. The lowest BCUT2D eigenvalue weighted by molar-refractivity contribution is 0.0366. The second kappa shape index (κ2) is 24.3. The molecule has 0 fully saturated rings. The Morgan fingerprint density at radius 2 is 1.11 bits per heavy atom. The van der Waals surface area contributed by atoms with Crippen molar-refractivity contribution in [3.05, 3.63) is 140 Å². The van der Waals surface area contributed by atoms with E-state index in [1.807, 2.05) is 79.2 Å². The largest absolute Gasteiger partial charge is 0.459 e. The molecule has 11 nitrogen and oxygen atoms in total. The molecular weight excluding hydrogens is 804 g/mol. The molecule has 0 aliphatic rings. The van der Waals surface area contributed by atoms with Crippen LogP contribution in [0.15, 0.2) is 113 Å². The number of carbonyl (C=O) groups is 3. The van der Waals surface area contributed by atoms with Crippen LogP contribution in [0.1, 0.15) is 79.2 Å². The van der Waals surface area contributed by atoms with Gasteiger partial charge in [0.2, 0.25) is 5.13 Å². The number of benzene rings is 4. The highest BCUT2D eigenvalue weighted by atomic mass is 35.5. The van der Waals surface area contributed by atoms with Crippen LogP contribution in [0.3, 0.4) is 0 Å². The summed E-state index contributed by atoms with van der Waals surface area (Å²) in [5.41, 5.74) is 10.6. The Bertz CT molecular complexity index is 2220. The maximum Gasteiger partial charge on any atom is 0.339 e. The normalized spacial score (nSPS) is 10.2. The van der Waals surface area contributed by atoms with Gasteiger partial charge in [0.05, 0.1) is 40.9 Å². The van der Waals surface area contributed by atoms with Gasteiger partial charge < -0.3 is 9.47 Å². The molecule has 0 saturated heterocycles. The van der Waals surface area contributed by atoms with Crippen molar-refractivity contribution in [2.45, 2.75) is 54.8 Å². The van der Waals surface area contributed by atoms with Crippen LogP contribution in [0.25, 0.3) is 22.5 Å². The van der Waals surface area contributed by atoms with Crippen LogP contribution >= 0.6 is 45.9 Å². The summed E-state index contributed by atoms with van der Waals surface area (Å²) in [5.74, 6) is 4.42. The fourth-order valence-electron chi connectivity index (χ4n) is 4.54. The molecular formula is C42H46Cl2N6O5S2. The van der Waals surface area contributed by atoms with Gasteiger partial charge in [-0.3, -0.25) is 15.6 Å². The topological polar surface area (TPSA) is 158 Å². The van der Waals surface area contributed by atoms with Gasteiger partial charge in [0.1, 0.15) is 0 Å².